The highest BCUT2D eigenvalue weighted by atomic mass is 32.1. The van der Waals surface area contributed by atoms with Gasteiger partial charge in [-0.15, -0.1) is 11.3 Å². The van der Waals surface area contributed by atoms with Crippen LogP contribution in [0.3, 0.4) is 0 Å². The summed E-state index contributed by atoms with van der Waals surface area (Å²) in [5.74, 6) is 0.0265. The Hall–Kier alpha value is -1.68. The summed E-state index contributed by atoms with van der Waals surface area (Å²) in [6.45, 7) is 6.04. The second kappa shape index (κ2) is 4.46. The molecule has 3 rings (SSSR count). The molecule has 0 saturated carbocycles. The lowest BCUT2D eigenvalue weighted by molar-refractivity contribution is 0.0981. The smallest absolute Gasteiger partial charge is 0.287 e. The monoisotopic (exact) mass is 272 g/mol. The molecule has 1 aliphatic heterocycles. The van der Waals surface area contributed by atoms with E-state index in [1.54, 1.807) is 0 Å². The van der Waals surface area contributed by atoms with Crippen LogP contribution in [-0.2, 0) is 6.42 Å². The predicted molar refractivity (Wildman–Crippen MR) is 78.0 cm³/mol. The molecule has 2 aromatic rings. The number of aromatic nitrogens is 1. The van der Waals surface area contributed by atoms with Gasteiger partial charge in [0.2, 0.25) is 0 Å². The predicted octanol–water partition coefficient (Wildman–Crippen LogP) is 3.35. The van der Waals surface area contributed by atoms with Crippen LogP contribution < -0.4 is 4.90 Å². The van der Waals surface area contributed by atoms with Crippen molar-refractivity contribution in [3.05, 3.63) is 45.4 Å². The summed E-state index contributed by atoms with van der Waals surface area (Å²) in [6.07, 6.45) is 0.922. The van der Waals surface area contributed by atoms with Crippen molar-refractivity contribution in [2.45, 2.75) is 33.2 Å². The number of para-hydroxylation sites is 1. The maximum atomic E-state index is 12.7. The fourth-order valence-corrected chi connectivity index (χ4v) is 3.39. The normalized spacial score (nSPS) is 17.6. The molecule has 0 saturated heterocycles. The summed E-state index contributed by atoms with van der Waals surface area (Å²) >= 11 is 1.48. The highest BCUT2D eigenvalue weighted by Crippen LogP contribution is 2.33. The number of amides is 1. The van der Waals surface area contributed by atoms with Gasteiger partial charge in [-0.3, -0.25) is 4.79 Å². The molecule has 1 unspecified atom stereocenters. The number of hydrogen-bond donors (Lipinski definition) is 0. The zero-order valence-electron chi connectivity index (χ0n) is 11.3. The van der Waals surface area contributed by atoms with Crippen molar-refractivity contribution in [1.82, 2.24) is 4.98 Å². The number of hydrogen-bond acceptors (Lipinski definition) is 3. The first kappa shape index (κ1) is 12.4. The lowest BCUT2D eigenvalue weighted by Crippen LogP contribution is -2.35. The standard InChI is InChI=1S/C15H16N2OS/c1-9-8-12-6-4-5-7-13(12)17(9)15(18)14-16-10(2)11(3)19-14/h4-7,9H,8H2,1-3H3. The van der Waals surface area contributed by atoms with Gasteiger partial charge in [-0.1, -0.05) is 18.2 Å². The summed E-state index contributed by atoms with van der Waals surface area (Å²) < 4.78 is 0. The molecule has 1 aromatic carbocycles. The highest BCUT2D eigenvalue weighted by molar-refractivity contribution is 7.13. The molecule has 98 valence electrons. The number of nitrogens with zero attached hydrogens (tertiary/aromatic N) is 2. The molecule has 19 heavy (non-hydrogen) atoms. The minimum absolute atomic E-state index is 0.0265. The van der Waals surface area contributed by atoms with Crippen LogP contribution in [0.4, 0.5) is 5.69 Å². The lowest BCUT2D eigenvalue weighted by atomic mass is 10.1. The van der Waals surface area contributed by atoms with E-state index in [-0.39, 0.29) is 11.9 Å². The second-order valence-corrected chi connectivity index (χ2v) is 6.22. The van der Waals surface area contributed by atoms with Crippen molar-refractivity contribution in [2.24, 2.45) is 0 Å². The molecule has 0 fully saturated rings. The molecular formula is C15H16N2OS. The molecule has 4 heteroatoms. The van der Waals surface area contributed by atoms with Crippen LogP contribution in [0, 0.1) is 13.8 Å². The van der Waals surface area contributed by atoms with Gasteiger partial charge < -0.3 is 4.90 Å². The molecule has 1 amide bonds. The summed E-state index contributed by atoms with van der Waals surface area (Å²) in [6, 6.07) is 8.32. The van der Waals surface area contributed by atoms with Crippen molar-refractivity contribution >= 4 is 22.9 Å². The molecule has 0 aliphatic carbocycles. The third kappa shape index (κ3) is 1.96. The number of carbonyl (C=O) groups is 1. The van der Waals surface area contributed by atoms with Gasteiger partial charge in [0, 0.05) is 16.6 Å². The van der Waals surface area contributed by atoms with Crippen molar-refractivity contribution in [3.63, 3.8) is 0 Å². The van der Waals surface area contributed by atoms with Crippen LogP contribution in [0.5, 0.6) is 0 Å². The molecule has 0 spiro atoms. The van der Waals surface area contributed by atoms with Gasteiger partial charge in [-0.2, -0.15) is 0 Å². The number of anilines is 1. The number of rotatable bonds is 1. The van der Waals surface area contributed by atoms with Crippen LogP contribution in [-0.4, -0.2) is 16.9 Å². The number of fused-ring (bicyclic) bond motifs is 1. The number of aryl methyl sites for hydroxylation is 2. The summed E-state index contributed by atoms with van der Waals surface area (Å²) in [7, 11) is 0. The van der Waals surface area contributed by atoms with E-state index in [0.29, 0.717) is 5.01 Å². The molecule has 0 N–H and O–H groups in total. The van der Waals surface area contributed by atoms with Crippen LogP contribution in [0.25, 0.3) is 0 Å². The zero-order valence-corrected chi connectivity index (χ0v) is 12.1. The van der Waals surface area contributed by atoms with Crippen molar-refractivity contribution in [3.8, 4) is 0 Å². The van der Waals surface area contributed by atoms with E-state index >= 15 is 0 Å². The highest BCUT2D eigenvalue weighted by Gasteiger charge is 2.32. The maximum Gasteiger partial charge on any atom is 0.287 e. The Balaban J connectivity index is 2.00. The molecule has 1 aromatic heterocycles. The Kier molecular flexibility index (Phi) is 2.90. The maximum absolute atomic E-state index is 12.7. The first-order valence-corrected chi connectivity index (χ1v) is 7.25. The molecular weight excluding hydrogens is 256 g/mol. The van der Waals surface area contributed by atoms with Gasteiger partial charge in [0.05, 0.1) is 5.69 Å². The number of carbonyl (C=O) groups excluding carboxylic acids is 1. The molecule has 1 atom stereocenters. The van der Waals surface area contributed by atoms with Gasteiger partial charge in [0.1, 0.15) is 0 Å². The minimum Gasteiger partial charge on any atom is -0.303 e. The van der Waals surface area contributed by atoms with E-state index in [2.05, 4.69) is 18.0 Å². The van der Waals surface area contributed by atoms with E-state index in [9.17, 15) is 4.79 Å². The first-order chi connectivity index (χ1) is 9.08. The van der Waals surface area contributed by atoms with Crippen LogP contribution in [0.15, 0.2) is 24.3 Å². The Morgan fingerprint density at radius 3 is 2.79 bits per heavy atom. The average molecular weight is 272 g/mol. The SMILES string of the molecule is Cc1nc(C(=O)N2c3ccccc3CC2C)sc1C. The zero-order chi connectivity index (χ0) is 13.6. The number of benzene rings is 1. The van der Waals surface area contributed by atoms with Crippen molar-refractivity contribution in [2.75, 3.05) is 4.90 Å². The fraction of sp³-hybridized carbons (Fsp3) is 0.333. The van der Waals surface area contributed by atoms with Gasteiger partial charge in [-0.25, -0.2) is 4.98 Å². The van der Waals surface area contributed by atoms with Crippen LogP contribution in [0.1, 0.15) is 32.9 Å². The molecule has 0 radical (unpaired) electrons. The van der Waals surface area contributed by atoms with E-state index in [1.807, 2.05) is 36.9 Å². The van der Waals surface area contributed by atoms with E-state index in [4.69, 9.17) is 0 Å². The molecule has 1 aliphatic rings. The summed E-state index contributed by atoms with van der Waals surface area (Å²) in [5, 5.41) is 0.596. The number of thiazole rings is 1. The fourth-order valence-electron chi connectivity index (χ4n) is 2.54. The van der Waals surface area contributed by atoms with Crippen molar-refractivity contribution in [1.29, 1.82) is 0 Å². The van der Waals surface area contributed by atoms with Gasteiger partial charge in [0.25, 0.3) is 5.91 Å². The van der Waals surface area contributed by atoms with Crippen LogP contribution in [0.2, 0.25) is 0 Å². The summed E-state index contributed by atoms with van der Waals surface area (Å²) in [5.41, 5.74) is 3.23. The Bertz CT molecular complexity index is 628. The Labute approximate surface area is 116 Å². The Morgan fingerprint density at radius 1 is 1.37 bits per heavy atom. The lowest BCUT2D eigenvalue weighted by Gasteiger charge is -2.21. The third-order valence-electron chi connectivity index (χ3n) is 3.64. The van der Waals surface area contributed by atoms with Gasteiger partial charge in [-0.05, 0) is 38.8 Å². The van der Waals surface area contributed by atoms with E-state index in [0.717, 1.165) is 22.7 Å². The average Bonchev–Trinajstić information content (AvgIpc) is 2.89. The molecule has 3 nitrogen and oxygen atoms in total. The Morgan fingerprint density at radius 2 is 2.11 bits per heavy atom. The van der Waals surface area contributed by atoms with E-state index < -0.39 is 0 Å². The van der Waals surface area contributed by atoms with Crippen LogP contribution >= 0.6 is 11.3 Å². The second-order valence-electron chi connectivity index (χ2n) is 5.02. The van der Waals surface area contributed by atoms with Gasteiger partial charge >= 0.3 is 0 Å². The summed E-state index contributed by atoms with van der Waals surface area (Å²) in [4.78, 5) is 20.0. The quantitative estimate of drug-likeness (QED) is 0.797. The van der Waals surface area contributed by atoms with E-state index in [1.165, 1.54) is 16.9 Å². The minimum atomic E-state index is 0.0265. The molecule has 2 heterocycles. The largest absolute Gasteiger partial charge is 0.303 e. The first-order valence-electron chi connectivity index (χ1n) is 6.43. The topological polar surface area (TPSA) is 33.2 Å². The van der Waals surface area contributed by atoms with Crippen molar-refractivity contribution < 1.29 is 4.79 Å². The molecule has 0 bridgehead atoms. The van der Waals surface area contributed by atoms with Gasteiger partial charge in [0.15, 0.2) is 5.01 Å². The third-order valence-corrected chi connectivity index (χ3v) is 4.70.